The summed E-state index contributed by atoms with van der Waals surface area (Å²) in [6.45, 7) is 0. The number of hydrogen-bond acceptors (Lipinski definition) is 7. The van der Waals surface area contributed by atoms with Gasteiger partial charge in [-0.05, 0) is 115 Å². The van der Waals surface area contributed by atoms with Crippen LogP contribution in [0.3, 0.4) is 0 Å². The van der Waals surface area contributed by atoms with Crippen molar-refractivity contribution in [2.24, 2.45) is 0 Å². The normalized spacial score (nSPS) is 10.7. The maximum Gasteiger partial charge on any atom is 0.142 e. The Labute approximate surface area is 428 Å². The summed E-state index contributed by atoms with van der Waals surface area (Å²) in [4.78, 5) is 9.15. The second kappa shape index (κ2) is 22.3. The lowest BCUT2D eigenvalue weighted by molar-refractivity contribution is 0.416. The molecule has 4 N–H and O–H groups in total. The largest absolute Gasteiger partial charge is 0.495 e. The van der Waals surface area contributed by atoms with Crippen LogP contribution in [0.5, 0.6) is 11.5 Å². The van der Waals surface area contributed by atoms with Gasteiger partial charge < -0.3 is 25.8 Å². The second-order valence-corrected chi connectivity index (χ2v) is 17.6. The summed E-state index contributed by atoms with van der Waals surface area (Å²) in [5.41, 5.74) is 17.5. The molecule has 4 heterocycles. The zero-order valence-corrected chi connectivity index (χ0v) is 40.8. The Morgan fingerprint density at radius 2 is 0.889 bits per heavy atom. The van der Waals surface area contributed by atoms with E-state index in [1.54, 1.807) is 14.2 Å². The smallest absolute Gasteiger partial charge is 0.142 e. The number of halogens is 1. The summed E-state index contributed by atoms with van der Waals surface area (Å²) in [5.74, 6) is 3.49. The predicted octanol–water partition coefficient (Wildman–Crippen LogP) is 16.1. The van der Waals surface area contributed by atoms with E-state index in [1.165, 1.54) is 43.7 Å². The highest BCUT2D eigenvalue weighted by Gasteiger charge is 2.15. The molecule has 0 aliphatic rings. The van der Waals surface area contributed by atoms with Crippen LogP contribution in [0.25, 0.3) is 55.2 Å². The molecule has 0 saturated carbocycles. The van der Waals surface area contributed by atoms with Crippen molar-refractivity contribution in [3.05, 3.63) is 246 Å². The van der Waals surface area contributed by atoms with Crippen molar-refractivity contribution in [2.45, 2.75) is 13.8 Å². The van der Waals surface area contributed by atoms with Crippen molar-refractivity contribution in [3.8, 4) is 23.1 Å². The molecule has 0 bridgehead atoms. The number of nitrogens with one attached hydrogen (secondary N) is 2. The Balaban J connectivity index is 0.000000146. The van der Waals surface area contributed by atoms with Crippen LogP contribution >= 0.6 is 15.9 Å². The monoisotopic (exact) mass is 1010 g/mol. The lowest BCUT2D eigenvalue weighted by Crippen LogP contribution is -2.00. The molecular formula is C62H54BrN7O2. The molecule has 8 aromatic carbocycles. The van der Waals surface area contributed by atoms with Gasteiger partial charge in [0.2, 0.25) is 0 Å². The van der Waals surface area contributed by atoms with Crippen LogP contribution in [-0.2, 0) is 6.42 Å². The van der Waals surface area contributed by atoms with Crippen LogP contribution in [0.15, 0.2) is 235 Å². The van der Waals surface area contributed by atoms with E-state index in [1.807, 2.05) is 116 Å². The molecule has 12 aromatic rings. The molecule has 0 fully saturated rings. The van der Waals surface area contributed by atoms with Gasteiger partial charge in [-0.15, -0.1) is 0 Å². The quantitative estimate of drug-likeness (QED) is 0.117. The maximum atomic E-state index is 5.86. The first kappa shape index (κ1) is 48.2. The minimum Gasteiger partial charge on any atom is -0.495 e. The van der Waals surface area contributed by atoms with Gasteiger partial charge in [-0.25, -0.2) is 9.97 Å². The molecule has 0 unspecified atom stereocenters. The number of rotatable bonds is 10. The molecule has 0 atom stereocenters. The molecular weight excluding hydrogens is 955 g/mol. The number of nitrogen functional groups attached to an aromatic ring is 1. The standard InChI is InChI=1S/C31H25N3O.C17H11BrN2.C13H14N2O.CH4/c1-35-30-15-7-5-13-27(30)33-26-12-4-2-10-23(26)20-22-17-18-25-24-11-3-6-14-28(24)34(29(25)21-22)31-16-8-9-19-32-31;18-12-8-9-14-13-5-1-2-6-15(13)20(16(14)11-12)17-7-3-4-10-19-17;1-16-13-9-5-4-8-12(13)15-11-7-3-2-6-10(11)14;/h2-19,21,33H,20H2,1H3;1-11H;2-9,15H,14H2,1H3;1H4. The van der Waals surface area contributed by atoms with Crippen molar-refractivity contribution < 1.29 is 9.47 Å². The summed E-state index contributed by atoms with van der Waals surface area (Å²) in [7, 11) is 3.34. The molecule has 4 aromatic heterocycles. The number of ether oxygens (including phenoxy) is 2. The summed E-state index contributed by atoms with van der Waals surface area (Å²) in [6.07, 6.45) is 4.48. The Kier molecular flexibility index (Phi) is 14.9. The number of hydrogen-bond donors (Lipinski definition) is 3. The van der Waals surface area contributed by atoms with Gasteiger partial charge in [-0.2, -0.15) is 0 Å². The van der Waals surface area contributed by atoms with Crippen LogP contribution < -0.4 is 25.8 Å². The molecule has 0 spiro atoms. The second-order valence-electron chi connectivity index (χ2n) is 16.7. The van der Waals surface area contributed by atoms with Gasteiger partial charge in [-0.1, -0.05) is 145 Å². The molecule has 0 aliphatic carbocycles. The van der Waals surface area contributed by atoms with Crippen LogP contribution in [0.4, 0.5) is 28.4 Å². The number of anilines is 5. The minimum absolute atomic E-state index is 0. The minimum atomic E-state index is 0. The van der Waals surface area contributed by atoms with Crippen molar-refractivity contribution in [2.75, 3.05) is 30.6 Å². The number of para-hydroxylation sites is 9. The number of fused-ring (bicyclic) bond motifs is 6. The highest BCUT2D eigenvalue weighted by atomic mass is 79.9. The predicted molar refractivity (Wildman–Crippen MR) is 304 cm³/mol. The average molecular weight is 1010 g/mol. The fraction of sp³-hybridized carbons (Fsp3) is 0.0645. The van der Waals surface area contributed by atoms with E-state index in [0.29, 0.717) is 5.69 Å². The van der Waals surface area contributed by atoms with Crippen LogP contribution in [0, 0.1) is 0 Å². The number of pyridine rings is 2. The van der Waals surface area contributed by atoms with Gasteiger partial charge in [-0.3, -0.25) is 9.13 Å². The number of nitrogens with zero attached hydrogens (tertiary/aromatic N) is 4. The van der Waals surface area contributed by atoms with E-state index in [4.69, 9.17) is 15.2 Å². The van der Waals surface area contributed by atoms with Crippen molar-refractivity contribution in [1.29, 1.82) is 0 Å². The highest BCUT2D eigenvalue weighted by molar-refractivity contribution is 9.10. The number of benzene rings is 8. The van der Waals surface area contributed by atoms with Gasteiger partial charge in [0.25, 0.3) is 0 Å². The van der Waals surface area contributed by atoms with Crippen LogP contribution in [-0.4, -0.2) is 33.3 Å². The summed E-state index contributed by atoms with van der Waals surface area (Å²) < 4.78 is 16.3. The first-order chi connectivity index (χ1) is 35.0. The summed E-state index contributed by atoms with van der Waals surface area (Å²) in [5, 5.41) is 11.8. The van der Waals surface area contributed by atoms with Crippen molar-refractivity contribution in [1.82, 2.24) is 19.1 Å². The van der Waals surface area contributed by atoms with E-state index < -0.39 is 0 Å². The third kappa shape index (κ3) is 10.2. The van der Waals surface area contributed by atoms with Gasteiger partial charge in [0.1, 0.15) is 23.1 Å². The molecule has 9 nitrogen and oxygen atoms in total. The van der Waals surface area contributed by atoms with Crippen LogP contribution in [0.1, 0.15) is 18.6 Å². The summed E-state index contributed by atoms with van der Waals surface area (Å²) in [6, 6.07) is 73.9. The Bertz CT molecular complexity index is 3760. The van der Waals surface area contributed by atoms with Gasteiger partial charge in [0.05, 0.1) is 59.0 Å². The number of aromatic nitrogens is 4. The van der Waals surface area contributed by atoms with Crippen molar-refractivity contribution >= 4 is 88.0 Å². The average Bonchev–Trinajstić information content (AvgIpc) is 3.93. The van der Waals surface area contributed by atoms with Gasteiger partial charge in [0, 0.05) is 44.1 Å². The van der Waals surface area contributed by atoms with Gasteiger partial charge >= 0.3 is 0 Å². The van der Waals surface area contributed by atoms with E-state index in [-0.39, 0.29) is 7.43 Å². The first-order valence-corrected chi connectivity index (χ1v) is 24.0. The molecule has 0 saturated heterocycles. The SMILES string of the molecule is Brc1ccc2c3ccccc3n(-c3ccccn3)c2c1.C.COc1ccccc1Nc1ccccc1Cc1ccc2c3ccccc3n(-c3ccccn3)c2c1.COc1ccccc1Nc1ccccc1N. The molecule has 10 heteroatoms. The molecule has 0 radical (unpaired) electrons. The molecule has 12 rings (SSSR count). The summed E-state index contributed by atoms with van der Waals surface area (Å²) >= 11 is 3.56. The fourth-order valence-electron chi connectivity index (χ4n) is 8.95. The van der Waals surface area contributed by atoms with E-state index in [0.717, 1.165) is 67.8 Å². The lowest BCUT2D eigenvalue weighted by atomic mass is 10.0. The van der Waals surface area contributed by atoms with Crippen molar-refractivity contribution in [3.63, 3.8) is 0 Å². The van der Waals surface area contributed by atoms with E-state index in [9.17, 15) is 0 Å². The number of methoxy groups -OCH3 is 2. The molecule has 356 valence electrons. The molecule has 0 aliphatic heterocycles. The first-order valence-electron chi connectivity index (χ1n) is 23.2. The lowest BCUT2D eigenvalue weighted by Gasteiger charge is -2.15. The van der Waals surface area contributed by atoms with Gasteiger partial charge in [0.15, 0.2) is 0 Å². The third-order valence-corrected chi connectivity index (χ3v) is 12.7. The Morgan fingerprint density at radius 3 is 1.44 bits per heavy atom. The zero-order valence-electron chi connectivity index (χ0n) is 39.2. The molecule has 72 heavy (non-hydrogen) atoms. The van der Waals surface area contributed by atoms with E-state index in [2.05, 4.69) is 161 Å². The van der Waals surface area contributed by atoms with E-state index >= 15 is 0 Å². The fourth-order valence-corrected chi connectivity index (χ4v) is 9.30. The zero-order chi connectivity index (χ0) is 48.5. The Morgan fingerprint density at radius 1 is 0.444 bits per heavy atom. The topological polar surface area (TPSA) is 104 Å². The van der Waals surface area contributed by atoms with Crippen LogP contribution in [0.2, 0.25) is 0 Å². The Hall–Kier alpha value is -8.86. The number of nitrogens with two attached hydrogens (primary N) is 1. The molecule has 0 amide bonds. The maximum absolute atomic E-state index is 5.86. The third-order valence-electron chi connectivity index (χ3n) is 12.3. The highest BCUT2D eigenvalue weighted by Crippen LogP contribution is 2.36.